The number of nitrogens with one attached hydrogen (secondary N) is 2. The molecule has 0 aromatic heterocycles. The van der Waals surface area contributed by atoms with Crippen LogP contribution < -0.4 is 10.6 Å². The minimum absolute atomic E-state index is 0.0451. The number of carbonyl (C=O) groups is 1. The monoisotopic (exact) mass is 262 g/mol. The summed E-state index contributed by atoms with van der Waals surface area (Å²) in [5.74, 6) is 0.533. The maximum Gasteiger partial charge on any atom is 0.239 e. The van der Waals surface area contributed by atoms with Crippen molar-refractivity contribution in [2.75, 3.05) is 18.4 Å². The van der Waals surface area contributed by atoms with Crippen molar-refractivity contribution in [3.63, 3.8) is 0 Å². The van der Waals surface area contributed by atoms with Crippen molar-refractivity contribution in [3.05, 3.63) is 29.8 Å². The van der Waals surface area contributed by atoms with Crippen LogP contribution in [-0.4, -0.2) is 19.0 Å². The van der Waals surface area contributed by atoms with Crippen LogP contribution >= 0.6 is 0 Å². The summed E-state index contributed by atoms with van der Waals surface area (Å²) in [4.78, 5) is 11.6. The van der Waals surface area contributed by atoms with E-state index in [4.69, 9.17) is 0 Å². The number of hydrogen-bond donors (Lipinski definition) is 2. The predicted molar refractivity (Wildman–Crippen MR) is 81.4 cm³/mol. The first kappa shape index (κ1) is 15.5. The van der Waals surface area contributed by atoms with Gasteiger partial charge in [0.05, 0.1) is 6.54 Å². The van der Waals surface area contributed by atoms with Gasteiger partial charge < -0.3 is 10.6 Å². The van der Waals surface area contributed by atoms with E-state index in [1.165, 1.54) is 18.4 Å². The molecule has 0 aliphatic carbocycles. The number of amides is 1. The van der Waals surface area contributed by atoms with Gasteiger partial charge in [0.1, 0.15) is 0 Å². The van der Waals surface area contributed by atoms with Crippen LogP contribution in [0.5, 0.6) is 0 Å². The van der Waals surface area contributed by atoms with Crippen LogP contribution in [0.2, 0.25) is 0 Å². The first-order chi connectivity index (χ1) is 9.11. The van der Waals surface area contributed by atoms with Crippen molar-refractivity contribution in [1.82, 2.24) is 5.32 Å². The maximum absolute atomic E-state index is 11.6. The van der Waals surface area contributed by atoms with Gasteiger partial charge >= 0.3 is 0 Å². The minimum Gasteiger partial charge on any atom is -0.376 e. The van der Waals surface area contributed by atoms with Gasteiger partial charge in [-0.15, -0.1) is 0 Å². The standard InChI is InChI=1S/C16H26N2O/c1-4-5-6-14-7-9-15(10-8-14)17-12-16(19)18-11-13(2)3/h7-10,13,17H,4-6,11-12H2,1-3H3,(H,18,19). The smallest absolute Gasteiger partial charge is 0.239 e. The lowest BCUT2D eigenvalue weighted by molar-refractivity contribution is -0.119. The van der Waals surface area contributed by atoms with Crippen molar-refractivity contribution in [3.8, 4) is 0 Å². The van der Waals surface area contributed by atoms with Crippen molar-refractivity contribution < 1.29 is 4.79 Å². The highest BCUT2D eigenvalue weighted by Gasteiger charge is 2.02. The Balaban J connectivity index is 2.31. The van der Waals surface area contributed by atoms with Crippen LogP contribution in [0.15, 0.2) is 24.3 Å². The second kappa shape index (κ2) is 8.57. The van der Waals surface area contributed by atoms with Gasteiger partial charge in [0.25, 0.3) is 0 Å². The quantitative estimate of drug-likeness (QED) is 0.755. The molecule has 3 nitrogen and oxygen atoms in total. The number of rotatable bonds is 8. The van der Waals surface area contributed by atoms with E-state index in [1.807, 2.05) is 12.1 Å². The number of anilines is 1. The van der Waals surface area contributed by atoms with E-state index in [9.17, 15) is 4.79 Å². The Hall–Kier alpha value is -1.51. The molecule has 0 aliphatic heterocycles. The molecule has 0 aliphatic rings. The maximum atomic E-state index is 11.6. The van der Waals surface area contributed by atoms with Gasteiger partial charge in [0.15, 0.2) is 0 Å². The third-order valence-corrected chi connectivity index (χ3v) is 2.93. The van der Waals surface area contributed by atoms with Crippen LogP contribution in [-0.2, 0) is 11.2 Å². The lowest BCUT2D eigenvalue weighted by Gasteiger charge is -2.10. The van der Waals surface area contributed by atoms with Gasteiger partial charge in [-0.25, -0.2) is 0 Å². The normalized spacial score (nSPS) is 10.5. The molecule has 1 aromatic rings. The summed E-state index contributed by atoms with van der Waals surface area (Å²) in [6.07, 6.45) is 3.58. The van der Waals surface area contributed by atoms with E-state index in [-0.39, 0.29) is 5.91 Å². The molecule has 0 bridgehead atoms. The number of unbranched alkanes of at least 4 members (excludes halogenated alkanes) is 1. The van der Waals surface area contributed by atoms with Crippen molar-refractivity contribution in [1.29, 1.82) is 0 Å². The molecular formula is C16H26N2O. The molecule has 0 radical (unpaired) electrons. The van der Waals surface area contributed by atoms with Gasteiger partial charge in [-0.1, -0.05) is 39.3 Å². The van der Waals surface area contributed by atoms with Gasteiger partial charge in [-0.2, -0.15) is 0 Å². The Labute approximate surface area is 116 Å². The van der Waals surface area contributed by atoms with Gasteiger partial charge in [0.2, 0.25) is 5.91 Å². The van der Waals surface area contributed by atoms with Crippen LogP contribution in [0.1, 0.15) is 39.2 Å². The van der Waals surface area contributed by atoms with E-state index in [0.717, 1.165) is 18.7 Å². The Morgan fingerprint density at radius 1 is 1.21 bits per heavy atom. The molecule has 0 saturated carbocycles. The first-order valence-electron chi connectivity index (χ1n) is 7.21. The fourth-order valence-electron chi connectivity index (χ4n) is 1.73. The van der Waals surface area contributed by atoms with E-state index in [2.05, 4.69) is 43.5 Å². The Morgan fingerprint density at radius 3 is 2.47 bits per heavy atom. The topological polar surface area (TPSA) is 41.1 Å². The van der Waals surface area contributed by atoms with Crippen molar-refractivity contribution in [2.45, 2.75) is 40.0 Å². The Bertz CT molecular complexity index is 371. The molecule has 3 heteroatoms. The van der Waals surface area contributed by atoms with Crippen LogP contribution in [0.3, 0.4) is 0 Å². The highest BCUT2D eigenvalue weighted by atomic mass is 16.1. The van der Waals surface area contributed by atoms with Crippen LogP contribution in [0.25, 0.3) is 0 Å². The molecule has 0 atom stereocenters. The lowest BCUT2D eigenvalue weighted by Crippen LogP contribution is -2.32. The molecule has 0 heterocycles. The minimum atomic E-state index is 0.0451. The zero-order chi connectivity index (χ0) is 14.1. The molecule has 106 valence electrons. The fraction of sp³-hybridized carbons (Fsp3) is 0.562. The molecule has 0 fully saturated rings. The Morgan fingerprint density at radius 2 is 1.89 bits per heavy atom. The molecule has 0 unspecified atom stereocenters. The van der Waals surface area contributed by atoms with Gasteiger partial charge in [0, 0.05) is 12.2 Å². The summed E-state index contributed by atoms with van der Waals surface area (Å²) < 4.78 is 0. The number of hydrogen-bond acceptors (Lipinski definition) is 2. The van der Waals surface area contributed by atoms with Crippen LogP contribution in [0, 0.1) is 5.92 Å². The highest BCUT2D eigenvalue weighted by molar-refractivity contribution is 5.80. The Kier molecular flexibility index (Phi) is 7.01. The van der Waals surface area contributed by atoms with Crippen LogP contribution in [0.4, 0.5) is 5.69 Å². The molecular weight excluding hydrogens is 236 g/mol. The average molecular weight is 262 g/mol. The third kappa shape index (κ3) is 6.85. The molecule has 1 rings (SSSR count). The lowest BCUT2D eigenvalue weighted by atomic mass is 10.1. The highest BCUT2D eigenvalue weighted by Crippen LogP contribution is 2.11. The number of carbonyl (C=O) groups excluding carboxylic acids is 1. The summed E-state index contributed by atoms with van der Waals surface area (Å²) in [6, 6.07) is 8.34. The van der Waals surface area contributed by atoms with Crippen molar-refractivity contribution >= 4 is 11.6 Å². The van der Waals surface area contributed by atoms with Gasteiger partial charge in [-0.05, 0) is 36.5 Å². The van der Waals surface area contributed by atoms with E-state index in [0.29, 0.717) is 12.5 Å². The number of aryl methyl sites for hydroxylation is 1. The largest absolute Gasteiger partial charge is 0.376 e. The number of benzene rings is 1. The summed E-state index contributed by atoms with van der Waals surface area (Å²) in [7, 11) is 0. The molecule has 1 amide bonds. The SMILES string of the molecule is CCCCc1ccc(NCC(=O)NCC(C)C)cc1. The summed E-state index contributed by atoms with van der Waals surface area (Å²) >= 11 is 0. The van der Waals surface area contributed by atoms with E-state index >= 15 is 0 Å². The van der Waals surface area contributed by atoms with E-state index in [1.54, 1.807) is 0 Å². The summed E-state index contributed by atoms with van der Waals surface area (Å²) in [6.45, 7) is 7.44. The summed E-state index contributed by atoms with van der Waals surface area (Å²) in [5.41, 5.74) is 2.36. The molecule has 0 saturated heterocycles. The third-order valence-electron chi connectivity index (χ3n) is 2.93. The summed E-state index contributed by atoms with van der Waals surface area (Å²) in [5, 5.41) is 6.03. The second-order valence-electron chi connectivity index (χ2n) is 5.35. The predicted octanol–water partition coefficient (Wildman–Crippen LogP) is 3.21. The second-order valence-corrected chi connectivity index (χ2v) is 5.35. The zero-order valence-corrected chi connectivity index (χ0v) is 12.3. The first-order valence-corrected chi connectivity index (χ1v) is 7.21. The van der Waals surface area contributed by atoms with E-state index < -0.39 is 0 Å². The average Bonchev–Trinajstić information content (AvgIpc) is 2.41. The van der Waals surface area contributed by atoms with Gasteiger partial charge in [-0.3, -0.25) is 4.79 Å². The molecule has 19 heavy (non-hydrogen) atoms. The molecule has 0 spiro atoms. The zero-order valence-electron chi connectivity index (χ0n) is 12.3. The molecule has 1 aromatic carbocycles. The fourth-order valence-corrected chi connectivity index (χ4v) is 1.73. The van der Waals surface area contributed by atoms with Crippen molar-refractivity contribution in [2.24, 2.45) is 5.92 Å². The molecule has 2 N–H and O–H groups in total.